The molecule has 0 fully saturated rings. The second-order valence-corrected chi connectivity index (χ2v) is 8.41. The second-order valence-electron chi connectivity index (χ2n) is 8.41. The number of halogens is 2. The molecular weight excluding hydrogens is 599 g/mol. The molecule has 0 aliphatic rings. The van der Waals surface area contributed by atoms with Gasteiger partial charge in [-0.3, -0.25) is 0 Å². The summed E-state index contributed by atoms with van der Waals surface area (Å²) in [5.74, 6) is 0. The monoisotopic (exact) mass is 628 g/mol. The average Bonchev–Trinajstić information content (AvgIpc) is 3.47. The Morgan fingerprint density at radius 3 is 1.18 bits per heavy atom. The average molecular weight is 631 g/mol. The van der Waals surface area contributed by atoms with Crippen molar-refractivity contribution in [1.82, 2.24) is 0 Å². The van der Waals surface area contributed by atoms with E-state index in [1.807, 2.05) is 0 Å². The fraction of sp³-hybridized carbons (Fsp3) is 0.0588. The van der Waals surface area contributed by atoms with Crippen LogP contribution in [-0.4, -0.2) is 6.88 Å². The van der Waals surface area contributed by atoms with E-state index in [-0.39, 0.29) is 39.7 Å². The molecule has 6 rings (SSSR count). The third kappa shape index (κ3) is 8.39. The molecule has 0 N–H and O–H groups in total. The SMILES string of the molecule is Cc1cc2c(-c3ccccc3)cccc2[cH-]1.Cc1cc2c(-c3ccccc3)cccc2[cH-]1.[CH3-].[CH3-].[Cl-].[Cl-].[Si]=[Zr]. The van der Waals surface area contributed by atoms with E-state index >= 15 is 0 Å². The van der Waals surface area contributed by atoms with Gasteiger partial charge in [0.15, 0.2) is 0 Å². The molecule has 6 aromatic rings. The predicted molar refractivity (Wildman–Crippen MR) is 158 cm³/mol. The van der Waals surface area contributed by atoms with Crippen LogP contribution in [0, 0.1) is 28.7 Å². The zero-order valence-electron chi connectivity index (χ0n) is 22.3. The van der Waals surface area contributed by atoms with Gasteiger partial charge in [-0.2, -0.15) is 12.1 Å². The van der Waals surface area contributed by atoms with Crippen molar-refractivity contribution in [2.24, 2.45) is 0 Å². The van der Waals surface area contributed by atoms with Crippen molar-refractivity contribution in [2.45, 2.75) is 13.8 Å². The summed E-state index contributed by atoms with van der Waals surface area (Å²) in [4.78, 5) is 0. The molecule has 0 amide bonds. The zero-order chi connectivity index (χ0) is 23.9. The third-order valence-corrected chi connectivity index (χ3v) is 5.96. The van der Waals surface area contributed by atoms with Crippen LogP contribution < -0.4 is 24.8 Å². The van der Waals surface area contributed by atoms with Gasteiger partial charge in [-0.1, -0.05) is 97.8 Å². The van der Waals surface area contributed by atoms with E-state index in [0.29, 0.717) is 0 Å². The van der Waals surface area contributed by atoms with Crippen LogP contribution in [0.3, 0.4) is 0 Å². The second kappa shape index (κ2) is 17.4. The van der Waals surface area contributed by atoms with Crippen molar-refractivity contribution in [1.29, 1.82) is 0 Å². The summed E-state index contributed by atoms with van der Waals surface area (Å²) in [6.45, 7) is 7.36. The van der Waals surface area contributed by atoms with Crippen LogP contribution in [0.5, 0.6) is 0 Å². The predicted octanol–water partition coefficient (Wildman–Crippen LogP) is 3.59. The van der Waals surface area contributed by atoms with Gasteiger partial charge in [0.25, 0.3) is 0 Å². The molecular formula is C34H32Cl2SiZr-6. The van der Waals surface area contributed by atoms with Crippen molar-refractivity contribution in [3.63, 3.8) is 0 Å². The maximum absolute atomic E-state index is 3.06. The van der Waals surface area contributed by atoms with Crippen LogP contribution >= 0.6 is 0 Å². The molecule has 0 atom stereocenters. The topological polar surface area (TPSA) is 0 Å². The van der Waals surface area contributed by atoms with Gasteiger partial charge in [0, 0.05) is 0 Å². The first kappa shape index (κ1) is 35.8. The molecule has 0 spiro atoms. The van der Waals surface area contributed by atoms with Gasteiger partial charge in [0.05, 0.1) is 0 Å². The first-order valence-electron chi connectivity index (χ1n) is 11.4. The Balaban J connectivity index is 0.000000616. The summed E-state index contributed by atoms with van der Waals surface area (Å²) in [5, 5.41) is 5.37. The minimum atomic E-state index is 0. The third-order valence-electron chi connectivity index (χ3n) is 5.96. The molecule has 0 aliphatic heterocycles. The van der Waals surface area contributed by atoms with E-state index in [4.69, 9.17) is 0 Å². The molecule has 0 unspecified atom stereocenters. The van der Waals surface area contributed by atoms with Gasteiger partial charge >= 0.3 is 30.2 Å². The first-order valence-corrected chi connectivity index (χ1v) is 15.6. The minimum absolute atomic E-state index is 0. The Morgan fingerprint density at radius 2 is 0.842 bits per heavy atom. The Labute approximate surface area is 258 Å². The van der Waals surface area contributed by atoms with Crippen molar-refractivity contribution in [3.05, 3.63) is 147 Å². The molecule has 0 aliphatic carbocycles. The van der Waals surface area contributed by atoms with E-state index in [1.54, 1.807) is 0 Å². The normalized spacial score (nSPS) is 9.18. The Kier molecular flexibility index (Phi) is 16.4. The summed E-state index contributed by atoms with van der Waals surface area (Å²) in [5.41, 5.74) is 7.89. The van der Waals surface area contributed by atoms with Gasteiger partial charge in [-0.25, -0.2) is 0 Å². The number of rotatable bonds is 2. The van der Waals surface area contributed by atoms with Crippen molar-refractivity contribution in [2.75, 3.05) is 0 Å². The van der Waals surface area contributed by atoms with E-state index in [0.717, 1.165) is 0 Å². The Morgan fingerprint density at radius 1 is 0.500 bits per heavy atom. The summed E-state index contributed by atoms with van der Waals surface area (Å²) in [7, 11) is 0. The van der Waals surface area contributed by atoms with Gasteiger partial charge in [0.2, 0.25) is 0 Å². The zero-order valence-corrected chi connectivity index (χ0v) is 27.3. The number of hydrogen-bond donors (Lipinski definition) is 0. The molecule has 196 valence electrons. The van der Waals surface area contributed by atoms with Crippen LogP contribution in [0.2, 0.25) is 0 Å². The molecule has 2 radical (unpaired) electrons. The summed E-state index contributed by atoms with van der Waals surface area (Å²) in [6, 6.07) is 43.1. The van der Waals surface area contributed by atoms with Crippen LogP contribution in [0.4, 0.5) is 0 Å². The Hall–Kier alpha value is -2.22. The van der Waals surface area contributed by atoms with E-state index in [2.05, 4.69) is 142 Å². The van der Waals surface area contributed by atoms with E-state index < -0.39 is 0 Å². The fourth-order valence-corrected chi connectivity index (χ4v) is 4.51. The number of fused-ring (bicyclic) bond motifs is 2. The van der Waals surface area contributed by atoms with Gasteiger partial charge in [-0.05, 0) is 11.1 Å². The van der Waals surface area contributed by atoms with Gasteiger partial charge in [-0.15, -0.1) is 69.1 Å². The van der Waals surface area contributed by atoms with E-state index in [9.17, 15) is 0 Å². The molecule has 4 heteroatoms. The van der Waals surface area contributed by atoms with Crippen molar-refractivity contribution < 1.29 is 48.1 Å². The van der Waals surface area contributed by atoms with E-state index in [1.165, 1.54) is 78.3 Å². The summed E-state index contributed by atoms with van der Waals surface area (Å²) >= 11 is 1.36. The molecule has 0 nitrogen and oxygen atoms in total. The molecule has 0 bridgehead atoms. The fourth-order valence-electron chi connectivity index (χ4n) is 4.51. The molecule has 6 aromatic carbocycles. The molecule has 0 saturated carbocycles. The summed E-state index contributed by atoms with van der Waals surface area (Å²) < 4.78 is 0. The molecule has 0 aromatic heterocycles. The number of aryl methyl sites for hydroxylation is 2. The standard InChI is InChI=1S/2C16H13.2CH3.2ClH.Si.Zr/c2*1-12-10-14-8-5-9-15(16(14)11-12)13-6-3-2-4-7-13;;;;;;/h2*2-11H,1H3;2*1H3;2*1H;;/q4*-1;;;;/p-2. The number of benzene rings is 4. The van der Waals surface area contributed by atoms with Crippen molar-refractivity contribution in [3.8, 4) is 22.3 Å². The quantitative estimate of drug-likeness (QED) is 0.203. The van der Waals surface area contributed by atoms with Crippen LogP contribution in [0.25, 0.3) is 43.8 Å². The van der Waals surface area contributed by atoms with Crippen LogP contribution in [0.15, 0.2) is 121 Å². The van der Waals surface area contributed by atoms with Gasteiger partial charge < -0.3 is 39.7 Å². The van der Waals surface area contributed by atoms with Crippen LogP contribution in [-0.2, 0) is 23.3 Å². The van der Waals surface area contributed by atoms with Crippen LogP contribution in [0.1, 0.15) is 11.1 Å². The van der Waals surface area contributed by atoms with Gasteiger partial charge in [0.1, 0.15) is 0 Å². The Bertz CT molecular complexity index is 1390. The molecule has 0 heterocycles. The summed E-state index contributed by atoms with van der Waals surface area (Å²) in [6.07, 6.45) is 0. The first-order chi connectivity index (χ1) is 16.7. The number of hydrogen-bond acceptors (Lipinski definition) is 0. The molecule has 38 heavy (non-hydrogen) atoms. The van der Waals surface area contributed by atoms with Crippen molar-refractivity contribution >= 4 is 28.4 Å². The molecule has 0 saturated heterocycles. The maximum atomic E-state index is 3.06.